The van der Waals surface area contributed by atoms with Gasteiger partial charge in [-0.2, -0.15) is 0 Å². The lowest BCUT2D eigenvalue weighted by molar-refractivity contribution is 0.0981. The lowest BCUT2D eigenvalue weighted by Gasteiger charge is -2.30. The van der Waals surface area contributed by atoms with Gasteiger partial charge in [0.15, 0.2) is 0 Å². The number of hydrogen-bond acceptors (Lipinski definition) is 2. The number of fused-ring (bicyclic) bond motifs is 1. The first-order chi connectivity index (χ1) is 15.7. The van der Waals surface area contributed by atoms with Gasteiger partial charge in [-0.1, -0.05) is 90.5 Å². The van der Waals surface area contributed by atoms with Crippen LogP contribution in [0.2, 0.25) is 0 Å². The summed E-state index contributed by atoms with van der Waals surface area (Å²) in [7, 11) is 0. The summed E-state index contributed by atoms with van der Waals surface area (Å²) in [5.41, 5.74) is 6.75. The minimum absolute atomic E-state index is 0.0323. The van der Waals surface area contributed by atoms with E-state index in [2.05, 4.69) is 54.7 Å². The molecule has 4 aromatic carbocycles. The number of anilines is 2. The van der Waals surface area contributed by atoms with Gasteiger partial charge < -0.3 is 5.32 Å². The first-order valence-electron chi connectivity index (χ1n) is 10.8. The number of para-hydroxylation sites is 2. The molecule has 1 amide bonds. The SMILES string of the molecule is Cc1ccc(C2=C[C@H](c3ccccc3)N(C(=O)c3ccccc3)c3ccccc3N2)cc1. The zero-order valence-electron chi connectivity index (χ0n) is 17.9. The van der Waals surface area contributed by atoms with Crippen molar-refractivity contribution in [3.63, 3.8) is 0 Å². The summed E-state index contributed by atoms with van der Waals surface area (Å²) in [6, 6.07) is 35.9. The Kier molecular flexibility index (Phi) is 5.30. The topological polar surface area (TPSA) is 32.3 Å². The maximum absolute atomic E-state index is 13.9. The molecule has 1 aliphatic heterocycles. The Labute approximate surface area is 188 Å². The molecule has 0 unspecified atom stereocenters. The summed E-state index contributed by atoms with van der Waals surface area (Å²) >= 11 is 0. The molecule has 3 nitrogen and oxygen atoms in total. The number of hydrogen-bond donors (Lipinski definition) is 1. The summed E-state index contributed by atoms with van der Waals surface area (Å²) in [5.74, 6) is -0.0323. The van der Waals surface area contributed by atoms with Crippen LogP contribution in [-0.2, 0) is 0 Å². The molecular formula is C29H24N2O. The number of carbonyl (C=O) groups excluding carboxylic acids is 1. The second-order valence-corrected chi connectivity index (χ2v) is 7.99. The van der Waals surface area contributed by atoms with Crippen LogP contribution in [-0.4, -0.2) is 5.91 Å². The molecular weight excluding hydrogens is 392 g/mol. The second-order valence-electron chi connectivity index (χ2n) is 7.99. The molecule has 0 saturated carbocycles. The van der Waals surface area contributed by atoms with E-state index in [1.165, 1.54) is 5.56 Å². The first kappa shape index (κ1) is 19.8. The van der Waals surface area contributed by atoms with Gasteiger partial charge in [-0.05, 0) is 48.4 Å². The fraction of sp³-hybridized carbons (Fsp3) is 0.0690. The molecule has 0 saturated heterocycles. The Morgan fingerprint density at radius 1 is 0.750 bits per heavy atom. The van der Waals surface area contributed by atoms with E-state index in [4.69, 9.17) is 0 Å². The molecule has 0 radical (unpaired) electrons. The van der Waals surface area contributed by atoms with Crippen molar-refractivity contribution >= 4 is 23.0 Å². The van der Waals surface area contributed by atoms with Crippen molar-refractivity contribution in [2.45, 2.75) is 13.0 Å². The maximum atomic E-state index is 13.9. The number of nitrogens with one attached hydrogen (secondary N) is 1. The van der Waals surface area contributed by atoms with Gasteiger partial charge in [0.25, 0.3) is 5.91 Å². The van der Waals surface area contributed by atoms with E-state index >= 15 is 0 Å². The minimum atomic E-state index is -0.267. The van der Waals surface area contributed by atoms with Crippen molar-refractivity contribution in [2.75, 3.05) is 10.2 Å². The van der Waals surface area contributed by atoms with Crippen LogP contribution in [0.25, 0.3) is 5.70 Å². The zero-order chi connectivity index (χ0) is 21.9. The highest BCUT2D eigenvalue weighted by molar-refractivity contribution is 6.09. The summed E-state index contributed by atoms with van der Waals surface area (Å²) < 4.78 is 0. The van der Waals surface area contributed by atoms with Gasteiger partial charge in [0, 0.05) is 11.3 Å². The number of carbonyl (C=O) groups is 1. The van der Waals surface area contributed by atoms with Crippen LogP contribution in [0.15, 0.2) is 115 Å². The van der Waals surface area contributed by atoms with Crippen molar-refractivity contribution < 1.29 is 4.79 Å². The molecule has 0 bridgehead atoms. The molecule has 3 heteroatoms. The van der Waals surface area contributed by atoms with Crippen LogP contribution in [0.5, 0.6) is 0 Å². The molecule has 1 aliphatic rings. The van der Waals surface area contributed by atoms with Crippen LogP contribution < -0.4 is 10.2 Å². The van der Waals surface area contributed by atoms with Gasteiger partial charge in [0.1, 0.15) is 0 Å². The van der Waals surface area contributed by atoms with E-state index in [0.29, 0.717) is 5.56 Å². The number of nitrogens with zero attached hydrogens (tertiary/aromatic N) is 1. The second kappa shape index (κ2) is 8.56. The third kappa shape index (κ3) is 3.81. The monoisotopic (exact) mass is 416 g/mol. The van der Waals surface area contributed by atoms with E-state index in [1.807, 2.05) is 77.7 Å². The van der Waals surface area contributed by atoms with Crippen LogP contribution in [0.3, 0.4) is 0 Å². The molecule has 0 aliphatic carbocycles. The van der Waals surface area contributed by atoms with Gasteiger partial charge in [-0.15, -0.1) is 0 Å². The van der Waals surface area contributed by atoms with Crippen molar-refractivity contribution in [1.29, 1.82) is 0 Å². The summed E-state index contributed by atoms with van der Waals surface area (Å²) in [6.07, 6.45) is 2.15. The average molecular weight is 417 g/mol. The molecule has 0 aromatic heterocycles. The molecule has 4 aromatic rings. The Bertz CT molecular complexity index is 1260. The van der Waals surface area contributed by atoms with Crippen LogP contribution >= 0.6 is 0 Å². The molecule has 1 heterocycles. The molecule has 32 heavy (non-hydrogen) atoms. The van der Waals surface area contributed by atoms with Crippen LogP contribution in [0.4, 0.5) is 11.4 Å². The van der Waals surface area contributed by atoms with Crippen molar-refractivity contribution in [2.24, 2.45) is 0 Å². The smallest absolute Gasteiger partial charge is 0.259 e. The van der Waals surface area contributed by atoms with E-state index in [9.17, 15) is 4.79 Å². The molecule has 0 fully saturated rings. The van der Waals surface area contributed by atoms with Crippen LogP contribution in [0.1, 0.15) is 33.1 Å². The van der Waals surface area contributed by atoms with Gasteiger partial charge >= 0.3 is 0 Å². The number of amides is 1. The standard InChI is InChI=1S/C29H24N2O/c1-21-16-18-22(19-17-21)26-20-28(23-10-4-2-5-11-23)31(27-15-9-8-14-25(27)30-26)29(32)24-12-6-3-7-13-24/h2-20,28,30H,1H3/t28-/m1/s1. The normalized spacial score (nSPS) is 15.2. The third-order valence-corrected chi connectivity index (χ3v) is 5.78. The molecule has 1 N–H and O–H groups in total. The summed E-state index contributed by atoms with van der Waals surface area (Å²) in [4.78, 5) is 15.8. The predicted molar refractivity (Wildman–Crippen MR) is 132 cm³/mol. The summed E-state index contributed by atoms with van der Waals surface area (Å²) in [6.45, 7) is 2.08. The third-order valence-electron chi connectivity index (χ3n) is 5.78. The average Bonchev–Trinajstić information content (AvgIpc) is 3.02. The van der Waals surface area contributed by atoms with Crippen molar-refractivity contribution in [3.8, 4) is 0 Å². The fourth-order valence-electron chi connectivity index (χ4n) is 4.11. The summed E-state index contributed by atoms with van der Waals surface area (Å²) in [5, 5.41) is 3.60. The first-order valence-corrected chi connectivity index (χ1v) is 10.8. The van der Waals surface area contributed by atoms with Gasteiger partial charge in [0.2, 0.25) is 0 Å². The highest BCUT2D eigenvalue weighted by Gasteiger charge is 2.31. The fourth-order valence-corrected chi connectivity index (χ4v) is 4.11. The lowest BCUT2D eigenvalue weighted by atomic mass is 10.0. The Balaban J connectivity index is 1.72. The van der Waals surface area contributed by atoms with Gasteiger partial charge in [0.05, 0.1) is 17.4 Å². The minimum Gasteiger partial charge on any atom is -0.354 e. The van der Waals surface area contributed by atoms with Gasteiger partial charge in [-0.3, -0.25) is 9.69 Å². The number of aryl methyl sites for hydroxylation is 1. The largest absolute Gasteiger partial charge is 0.354 e. The lowest BCUT2D eigenvalue weighted by Crippen LogP contribution is -2.34. The van der Waals surface area contributed by atoms with E-state index in [-0.39, 0.29) is 11.9 Å². The van der Waals surface area contributed by atoms with E-state index < -0.39 is 0 Å². The number of rotatable bonds is 3. The zero-order valence-corrected chi connectivity index (χ0v) is 17.9. The molecule has 0 spiro atoms. The quantitative estimate of drug-likeness (QED) is 0.396. The Morgan fingerprint density at radius 2 is 1.38 bits per heavy atom. The van der Waals surface area contributed by atoms with Crippen LogP contribution in [0, 0.1) is 6.92 Å². The Morgan fingerprint density at radius 3 is 2.09 bits per heavy atom. The molecule has 156 valence electrons. The number of benzene rings is 4. The van der Waals surface area contributed by atoms with Crippen molar-refractivity contribution in [3.05, 3.63) is 138 Å². The van der Waals surface area contributed by atoms with E-state index in [1.54, 1.807) is 0 Å². The van der Waals surface area contributed by atoms with Gasteiger partial charge in [-0.25, -0.2) is 0 Å². The van der Waals surface area contributed by atoms with E-state index in [0.717, 1.165) is 28.2 Å². The molecule has 1 atom stereocenters. The molecule has 5 rings (SSSR count). The predicted octanol–water partition coefficient (Wildman–Crippen LogP) is 6.85. The highest BCUT2D eigenvalue weighted by atomic mass is 16.2. The maximum Gasteiger partial charge on any atom is 0.259 e. The Hall–Kier alpha value is -4.11. The van der Waals surface area contributed by atoms with Crippen molar-refractivity contribution in [1.82, 2.24) is 0 Å². The highest BCUT2D eigenvalue weighted by Crippen LogP contribution is 2.40.